The Morgan fingerprint density at radius 3 is 2.62 bits per heavy atom. The number of hydrogen-bond acceptors (Lipinski definition) is 4. The van der Waals surface area contributed by atoms with E-state index in [2.05, 4.69) is 5.32 Å². The van der Waals surface area contributed by atoms with Crippen molar-refractivity contribution < 1.29 is 14.3 Å². The van der Waals surface area contributed by atoms with Gasteiger partial charge in [0.2, 0.25) is 0 Å². The summed E-state index contributed by atoms with van der Waals surface area (Å²) in [5.41, 5.74) is 0.917. The van der Waals surface area contributed by atoms with Gasteiger partial charge in [-0.05, 0) is 43.7 Å². The first-order chi connectivity index (χ1) is 11.6. The second kappa shape index (κ2) is 7.34. The molecular formula is C19H23NO3S. The summed E-state index contributed by atoms with van der Waals surface area (Å²) in [5.74, 6) is -0.617. The number of aryl methyl sites for hydroxylation is 1. The molecule has 0 bridgehead atoms. The minimum Gasteiger partial charge on any atom is -0.448 e. The molecule has 3 rings (SSSR count). The number of amides is 1. The first-order valence-electron chi connectivity index (χ1n) is 8.55. The number of nitrogens with one attached hydrogen (secondary N) is 1. The van der Waals surface area contributed by atoms with E-state index >= 15 is 0 Å². The van der Waals surface area contributed by atoms with Crippen LogP contribution in [0.2, 0.25) is 0 Å². The fourth-order valence-corrected chi connectivity index (χ4v) is 4.29. The van der Waals surface area contributed by atoms with Crippen molar-refractivity contribution in [1.29, 1.82) is 0 Å². The van der Waals surface area contributed by atoms with E-state index in [1.807, 2.05) is 31.2 Å². The molecule has 128 valence electrons. The molecule has 0 spiro atoms. The second-order valence-corrected chi connectivity index (χ2v) is 7.50. The summed E-state index contributed by atoms with van der Waals surface area (Å²) in [7, 11) is 0. The average molecular weight is 345 g/mol. The van der Waals surface area contributed by atoms with Crippen molar-refractivity contribution in [1.82, 2.24) is 5.32 Å². The Morgan fingerprint density at radius 1 is 1.21 bits per heavy atom. The first kappa shape index (κ1) is 17.0. The van der Waals surface area contributed by atoms with E-state index in [-0.39, 0.29) is 11.9 Å². The van der Waals surface area contributed by atoms with Crippen molar-refractivity contribution in [2.24, 2.45) is 0 Å². The molecule has 1 aromatic heterocycles. The maximum atomic E-state index is 12.5. The number of hydrogen-bond donors (Lipinski definition) is 1. The molecule has 1 heterocycles. The van der Waals surface area contributed by atoms with Crippen molar-refractivity contribution in [3.8, 4) is 0 Å². The number of ether oxygens (including phenoxy) is 1. The van der Waals surface area contributed by atoms with Gasteiger partial charge in [0.25, 0.3) is 5.91 Å². The number of esters is 1. The van der Waals surface area contributed by atoms with Crippen molar-refractivity contribution >= 4 is 33.3 Å². The van der Waals surface area contributed by atoms with Crippen LogP contribution in [0.5, 0.6) is 0 Å². The predicted molar refractivity (Wildman–Crippen MR) is 96.5 cm³/mol. The monoisotopic (exact) mass is 345 g/mol. The number of carbonyl (C=O) groups excluding carboxylic acids is 2. The molecule has 2 aromatic rings. The lowest BCUT2D eigenvalue weighted by Gasteiger charge is -2.24. The zero-order valence-electron chi connectivity index (χ0n) is 14.1. The van der Waals surface area contributed by atoms with Crippen molar-refractivity contribution in [3.05, 3.63) is 34.7 Å². The van der Waals surface area contributed by atoms with Crippen molar-refractivity contribution in [3.63, 3.8) is 0 Å². The highest BCUT2D eigenvalue weighted by Crippen LogP contribution is 2.31. The molecule has 1 saturated carbocycles. The van der Waals surface area contributed by atoms with E-state index in [0.717, 1.165) is 41.3 Å². The Labute approximate surface area is 146 Å². The number of carbonyl (C=O) groups is 2. The van der Waals surface area contributed by atoms with Gasteiger partial charge < -0.3 is 10.1 Å². The summed E-state index contributed by atoms with van der Waals surface area (Å²) in [5, 5.41) is 4.07. The second-order valence-electron chi connectivity index (χ2n) is 6.44. The lowest BCUT2D eigenvalue weighted by Crippen LogP contribution is -2.42. The van der Waals surface area contributed by atoms with E-state index in [0.29, 0.717) is 4.88 Å². The molecule has 0 saturated heterocycles. The standard InChI is InChI=1S/C19H23NO3S/c1-12-15-10-6-7-11-16(15)24-17(12)19(22)23-13(2)18(21)20-14-8-4-3-5-9-14/h6-7,10-11,13-14H,3-5,8-9H2,1-2H3,(H,20,21)/t13-/m0/s1. The van der Waals surface area contributed by atoms with Crippen LogP contribution in [0.1, 0.15) is 54.3 Å². The molecule has 5 heteroatoms. The van der Waals surface area contributed by atoms with E-state index in [9.17, 15) is 9.59 Å². The number of rotatable bonds is 4. The molecule has 1 aromatic carbocycles. The van der Waals surface area contributed by atoms with Gasteiger partial charge in [-0.3, -0.25) is 4.79 Å². The molecule has 1 fully saturated rings. The van der Waals surface area contributed by atoms with Gasteiger partial charge in [0.15, 0.2) is 6.10 Å². The molecule has 0 radical (unpaired) electrons. The highest BCUT2D eigenvalue weighted by atomic mass is 32.1. The third-order valence-corrected chi connectivity index (χ3v) is 5.89. The Bertz CT molecular complexity index is 746. The topological polar surface area (TPSA) is 55.4 Å². The summed E-state index contributed by atoms with van der Waals surface area (Å²) in [6.45, 7) is 3.56. The van der Waals surface area contributed by atoms with Gasteiger partial charge in [0.05, 0.1) is 0 Å². The predicted octanol–water partition coefficient (Wildman–Crippen LogP) is 4.20. The minimum atomic E-state index is -0.774. The van der Waals surface area contributed by atoms with Crippen LogP contribution in [0.4, 0.5) is 0 Å². The first-order valence-corrected chi connectivity index (χ1v) is 9.37. The quantitative estimate of drug-likeness (QED) is 0.845. The summed E-state index contributed by atoms with van der Waals surface area (Å²) >= 11 is 1.42. The number of fused-ring (bicyclic) bond motifs is 1. The van der Waals surface area contributed by atoms with Crippen LogP contribution in [0, 0.1) is 6.92 Å². The van der Waals surface area contributed by atoms with Crippen LogP contribution >= 0.6 is 11.3 Å². The Morgan fingerprint density at radius 2 is 1.92 bits per heavy atom. The number of thiophene rings is 1. The maximum absolute atomic E-state index is 12.5. The Hall–Kier alpha value is -1.88. The van der Waals surface area contributed by atoms with E-state index in [1.54, 1.807) is 6.92 Å². The molecule has 4 nitrogen and oxygen atoms in total. The van der Waals surface area contributed by atoms with Crippen LogP contribution in [0.25, 0.3) is 10.1 Å². The van der Waals surface area contributed by atoms with Crippen LogP contribution in [0.3, 0.4) is 0 Å². The molecule has 1 amide bonds. The van der Waals surface area contributed by atoms with Gasteiger partial charge in [-0.15, -0.1) is 11.3 Å². The molecule has 0 aliphatic heterocycles. The van der Waals surface area contributed by atoms with E-state index < -0.39 is 12.1 Å². The smallest absolute Gasteiger partial charge is 0.349 e. The van der Waals surface area contributed by atoms with Crippen molar-refractivity contribution in [2.45, 2.75) is 58.1 Å². The molecule has 1 atom stereocenters. The summed E-state index contributed by atoms with van der Waals surface area (Å²) < 4.78 is 6.47. The Kier molecular flexibility index (Phi) is 5.19. The maximum Gasteiger partial charge on any atom is 0.349 e. The largest absolute Gasteiger partial charge is 0.448 e. The minimum absolute atomic E-state index is 0.200. The molecule has 1 aliphatic carbocycles. The van der Waals surface area contributed by atoms with Crippen LogP contribution < -0.4 is 5.32 Å². The summed E-state index contributed by atoms with van der Waals surface area (Å²) in [6, 6.07) is 8.11. The molecule has 1 N–H and O–H groups in total. The lowest BCUT2D eigenvalue weighted by atomic mass is 9.95. The van der Waals surface area contributed by atoms with E-state index in [1.165, 1.54) is 17.8 Å². The van der Waals surface area contributed by atoms with Gasteiger partial charge in [-0.1, -0.05) is 37.5 Å². The molecular weight excluding hydrogens is 322 g/mol. The molecule has 24 heavy (non-hydrogen) atoms. The molecule has 0 unspecified atom stereocenters. The van der Waals surface area contributed by atoms with Gasteiger partial charge in [-0.2, -0.15) is 0 Å². The number of benzene rings is 1. The summed E-state index contributed by atoms with van der Waals surface area (Å²) in [4.78, 5) is 25.3. The molecule has 1 aliphatic rings. The fraction of sp³-hybridized carbons (Fsp3) is 0.474. The van der Waals surface area contributed by atoms with Gasteiger partial charge >= 0.3 is 5.97 Å². The average Bonchev–Trinajstić information content (AvgIpc) is 2.93. The van der Waals surface area contributed by atoms with Gasteiger partial charge in [0, 0.05) is 10.7 Å². The van der Waals surface area contributed by atoms with E-state index in [4.69, 9.17) is 4.74 Å². The third kappa shape index (κ3) is 3.61. The highest BCUT2D eigenvalue weighted by molar-refractivity contribution is 7.21. The lowest BCUT2D eigenvalue weighted by molar-refractivity contribution is -0.130. The van der Waals surface area contributed by atoms with Crippen LogP contribution in [-0.4, -0.2) is 24.0 Å². The Balaban J connectivity index is 1.64. The van der Waals surface area contributed by atoms with Crippen molar-refractivity contribution in [2.75, 3.05) is 0 Å². The third-order valence-electron chi connectivity index (χ3n) is 4.63. The fourth-order valence-electron chi connectivity index (χ4n) is 3.20. The van der Waals surface area contributed by atoms with Crippen LogP contribution in [0.15, 0.2) is 24.3 Å². The normalized spacial score (nSPS) is 16.8. The summed E-state index contributed by atoms with van der Waals surface area (Å²) in [6.07, 6.45) is 4.80. The zero-order chi connectivity index (χ0) is 17.1. The van der Waals surface area contributed by atoms with Crippen LogP contribution in [-0.2, 0) is 9.53 Å². The van der Waals surface area contributed by atoms with Gasteiger partial charge in [-0.25, -0.2) is 4.79 Å². The van der Waals surface area contributed by atoms with Gasteiger partial charge in [0.1, 0.15) is 4.88 Å². The highest BCUT2D eigenvalue weighted by Gasteiger charge is 2.24. The SMILES string of the molecule is Cc1c(C(=O)O[C@@H](C)C(=O)NC2CCCCC2)sc2ccccc12. The zero-order valence-corrected chi connectivity index (χ0v) is 14.9.